The van der Waals surface area contributed by atoms with Gasteiger partial charge in [0.05, 0.1) is 5.69 Å². The van der Waals surface area contributed by atoms with Crippen LogP contribution in [0.2, 0.25) is 0 Å². The summed E-state index contributed by atoms with van der Waals surface area (Å²) in [6.07, 6.45) is 4.96. The molecular formula is C19H24N4O. The second-order valence-electron chi connectivity index (χ2n) is 6.72. The Morgan fingerprint density at radius 3 is 3.12 bits per heavy atom. The van der Waals surface area contributed by atoms with E-state index in [4.69, 9.17) is 4.74 Å². The summed E-state index contributed by atoms with van der Waals surface area (Å²) in [5.41, 5.74) is 3.67. The Morgan fingerprint density at radius 2 is 2.25 bits per heavy atom. The third-order valence-corrected chi connectivity index (χ3v) is 4.80. The van der Waals surface area contributed by atoms with Gasteiger partial charge in [-0.1, -0.05) is 18.2 Å². The molecule has 0 amide bonds. The molecule has 0 unspecified atom stereocenters. The van der Waals surface area contributed by atoms with E-state index in [9.17, 15) is 0 Å². The second kappa shape index (κ2) is 6.42. The van der Waals surface area contributed by atoms with E-state index in [0.29, 0.717) is 12.1 Å². The first-order valence-corrected chi connectivity index (χ1v) is 8.67. The summed E-state index contributed by atoms with van der Waals surface area (Å²) in [5, 5.41) is 9.41. The number of rotatable bonds is 5. The van der Waals surface area contributed by atoms with Gasteiger partial charge in [-0.3, -0.25) is 4.68 Å². The Morgan fingerprint density at radius 1 is 1.33 bits per heavy atom. The summed E-state index contributed by atoms with van der Waals surface area (Å²) in [7, 11) is 0. The Labute approximate surface area is 142 Å². The number of H-pyrrole nitrogens is 1. The van der Waals surface area contributed by atoms with Crippen LogP contribution in [0.25, 0.3) is 10.9 Å². The van der Waals surface area contributed by atoms with Gasteiger partial charge >= 0.3 is 0 Å². The van der Waals surface area contributed by atoms with Gasteiger partial charge in [-0.2, -0.15) is 5.10 Å². The van der Waals surface area contributed by atoms with E-state index in [1.54, 1.807) is 0 Å². The summed E-state index contributed by atoms with van der Waals surface area (Å²) in [4.78, 5) is 3.34. The minimum absolute atomic E-state index is 0.0674. The minimum Gasteiger partial charge on any atom is -0.370 e. The van der Waals surface area contributed by atoms with Crippen LogP contribution < -0.4 is 5.32 Å². The zero-order chi connectivity index (χ0) is 16.5. The first-order valence-electron chi connectivity index (χ1n) is 8.67. The molecule has 0 radical (unpaired) electrons. The lowest BCUT2D eigenvalue weighted by atomic mass is 10.1. The second-order valence-corrected chi connectivity index (χ2v) is 6.72. The molecule has 1 aliphatic rings. The van der Waals surface area contributed by atoms with E-state index in [-0.39, 0.29) is 6.10 Å². The fourth-order valence-electron chi connectivity index (χ4n) is 3.61. The Balaban J connectivity index is 1.51. The number of hydrogen-bond acceptors (Lipinski definition) is 3. The maximum absolute atomic E-state index is 6.03. The van der Waals surface area contributed by atoms with Gasteiger partial charge in [0, 0.05) is 43.1 Å². The van der Waals surface area contributed by atoms with E-state index < -0.39 is 0 Å². The lowest BCUT2D eigenvalue weighted by molar-refractivity contribution is 0.0899. The Kier molecular flexibility index (Phi) is 4.12. The van der Waals surface area contributed by atoms with Crippen LogP contribution in [0.4, 0.5) is 0 Å². The van der Waals surface area contributed by atoms with E-state index in [1.165, 1.54) is 16.5 Å². The van der Waals surface area contributed by atoms with Crippen molar-refractivity contribution in [2.45, 2.75) is 45.0 Å². The van der Waals surface area contributed by atoms with Crippen LogP contribution in [0, 0.1) is 0 Å². The molecule has 2 N–H and O–H groups in total. The lowest BCUT2D eigenvalue weighted by Gasteiger charge is -2.22. The molecule has 3 heterocycles. The standard InChI is InChI=1S/C19H24N4O/c1-13(2)23-17(7-10-22-23)19-16(8-11-24-19)21-12-15-5-3-4-14-6-9-20-18(14)15/h3-7,9-10,13,16,19-21H,8,11-12H2,1-2H3/t16-,19-/m0/s1. The molecule has 1 aliphatic heterocycles. The molecule has 5 heteroatoms. The molecule has 24 heavy (non-hydrogen) atoms. The molecule has 1 aromatic carbocycles. The van der Waals surface area contributed by atoms with Crippen molar-refractivity contribution in [3.05, 3.63) is 54.0 Å². The van der Waals surface area contributed by atoms with Crippen LogP contribution in [0.3, 0.4) is 0 Å². The quantitative estimate of drug-likeness (QED) is 0.754. The Bertz CT molecular complexity index is 820. The molecule has 0 spiro atoms. The third-order valence-electron chi connectivity index (χ3n) is 4.80. The Hall–Kier alpha value is -2.11. The van der Waals surface area contributed by atoms with E-state index in [2.05, 4.69) is 64.3 Å². The normalized spacial score (nSPS) is 21.1. The van der Waals surface area contributed by atoms with Crippen LogP contribution >= 0.6 is 0 Å². The average Bonchev–Trinajstić information content (AvgIpc) is 3.30. The molecule has 3 aromatic rings. The van der Waals surface area contributed by atoms with E-state index >= 15 is 0 Å². The summed E-state index contributed by atoms with van der Waals surface area (Å²) in [5.74, 6) is 0. The average molecular weight is 324 g/mol. The van der Waals surface area contributed by atoms with Crippen LogP contribution in [0.15, 0.2) is 42.7 Å². The maximum atomic E-state index is 6.03. The number of fused-ring (bicyclic) bond motifs is 1. The highest BCUT2D eigenvalue weighted by molar-refractivity contribution is 5.82. The van der Waals surface area contributed by atoms with Crippen molar-refractivity contribution < 1.29 is 4.74 Å². The highest BCUT2D eigenvalue weighted by Gasteiger charge is 2.32. The summed E-state index contributed by atoms with van der Waals surface area (Å²) >= 11 is 0. The fraction of sp³-hybridized carbons (Fsp3) is 0.421. The first-order chi connectivity index (χ1) is 11.7. The predicted molar refractivity (Wildman–Crippen MR) is 94.8 cm³/mol. The van der Waals surface area contributed by atoms with E-state index in [1.807, 2.05) is 12.4 Å². The van der Waals surface area contributed by atoms with Crippen molar-refractivity contribution in [1.29, 1.82) is 0 Å². The smallest absolute Gasteiger partial charge is 0.114 e. The highest BCUT2D eigenvalue weighted by Crippen LogP contribution is 2.30. The summed E-state index contributed by atoms with van der Waals surface area (Å²) in [6, 6.07) is 11.3. The zero-order valence-electron chi connectivity index (χ0n) is 14.2. The largest absolute Gasteiger partial charge is 0.370 e. The number of nitrogens with one attached hydrogen (secondary N) is 2. The highest BCUT2D eigenvalue weighted by atomic mass is 16.5. The summed E-state index contributed by atoms with van der Waals surface area (Å²) in [6.45, 7) is 5.93. The van der Waals surface area contributed by atoms with Gasteiger partial charge in [-0.25, -0.2) is 0 Å². The van der Waals surface area contributed by atoms with Gasteiger partial charge in [0.25, 0.3) is 0 Å². The number of hydrogen-bond donors (Lipinski definition) is 2. The molecule has 4 rings (SSSR count). The molecule has 1 saturated heterocycles. The van der Waals surface area contributed by atoms with Crippen molar-refractivity contribution in [1.82, 2.24) is 20.1 Å². The first kappa shape index (κ1) is 15.4. The van der Waals surface area contributed by atoms with Crippen LogP contribution in [-0.2, 0) is 11.3 Å². The van der Waals surface area contributed by atoms with Crippen molar-refractivity contribution in [3.63, 3.8) is 0 Å². The van der Waals surface area contributed by atoms with Crippen LogP contribution in [-0.4, -0.2) is 27.4 Å². The fourth-order valence-corrected chi connectivity index (χ4v) is 3.61. The topological polar surface area (TPSA) is 54.9 Å². The van der Waals surface area contributed by atoms with Crippen LogP contribution in [0.5, 0.6) is 0 Å². The SMILES string of the molecule is CC(C)n1nccc1[C@H]1OCC[C@@H]1NCc1cccc2cc[nH]c12. The number of aromatic amines is 1. The monoisotopic (exact) mass is 324 g/mol. The van der Waals surface area contributed by atoms with E-state index in [0.717, 1.165) is 25.3 Å². The minimum atomic E-state index is 0.0674. The van der Waals surface area contributed by atoms with Gasteiger partial charge in [0.2, 0.25) is 0 Å². The molecule has 126 valence electrons. The third kappa shape index (κ3) is 2.74. The van der Waals surface area contributed by atoms with Gasteiger partial charge in [-0.05, 0) is 43.4 Å². The van der Waals surface area contributed by atoms with Crippen molar-refractivity contribution in [2.24, 2.45) is 0 Å². The van der Waals surface area contributed by atoms with Crippen LogP contribution in [0.1, 0.15) is 43.7 Å². The summed E-state index contributed by atoms with van der Waals surface area (Å²) < 4.78 is 8.10. The molecule has 5 nitrogen and oxygen atoms in total. The molecule has 0 saturated carbocycles. The predicted octanol–water partition coefficient (Wildman–Crippen LogP) is 3.57. The molecule has 1 fully saturated rings. The number of aromatic nitrogens is 3. The number of nitrogens with zero attached hydrogens (tertiary/aromatic N) is 2. The number of benzene rings is 1. The molecule has 2 atom stereocenters. The van der Waals surface area contributed by atoms with Crippen molar-refractivity contribution in [3.8, 4) is 0 Å². The maximum Gasteiger partial charge on any atom is 0.114 e. The van der Waals surface area contributed by atoms with Crippen molar-refractivity contribution in [2.75, 3.05) is 6.61 Å². The number of para-hydroxylation sites is 1. The molecule has 0 bridgehead atoms. The number of ether oxygens (including phenoxy) is 1. The van der Waals surface area contributed by atoms with Gasteiger partial charge in [-0.15, -0.1) is 0 Å². The molecule has 2 aromatic heterocycles. The zero-order valence-corrected chi connectivity index (χ0v) is 14.2. The van der Waals surface area contributed by atoms with Gasteiger partial charge in [0.15, 0.2) is 0 Å². The molecular weight excluding hydrogens is 300 g/mol. The van der Waals surface area contributed by atoms with Crippen molar-refractivity contribution >= 4 is 10.9 Å². The lowest BCUT2D eigenvalue weighted by Crippen LogP contribution is -2.32. The molecule has 0 aliphatic carbocycles. The van der Waals surface area contributed by atoms with Gasteiger partial charge in [0.1, 0.15) is 6.10 Å². The van der Waals surface area contributed by atoms with Gasteiger partial charge < -0.3 is 15.0 Å².